The van der Waals surface area contributed by atoms with Crippen molar-refractivity contribution in [3.8, 4) is 0 Å². The number of rotatable bonds is 3. The lowest BCUT2D eigenvalue weighted by molar-refractivity contribution is -0.134. The molecule has 0 aliphatic carbocycles. The molecule has 29 heavy (non-hydrogen) atoms. The van der Waals surface area contributed by atoms with Crippen LogP contribution in [0, 0.1) is 0 Å². The Bertz CT molecular complexity index is 952. The first kappa shape index (κ1) is 21.1. The highest BCUT2D eigenvalue weighted by Crippen LogP contribution is 2.42. The molecule has 0 bridgehead atoms. The van der Waals surface area contributed by atoms with E-state index in [0.717, 1.165) is 39.6 Å². The first-order valence-corrected chi connectivity index (χ1v) is 10.00. The second kappa shape index (κ2) is 7.34. The zero-order valence-corrected chi connectivity index (χ0v) is 18.4. The smallest absolute Gasteiger partial charge is 0.333 e. The number of amides is 4. The Labute approximate surface area is 176 Å². The fourth-order valence-electron chi connectivity index (χ4n) is 3.99. The number of barbiturate groups is 1. The molecule has 0 unspecified atom stereocenters. The minimum Gasteiger partial charge on any atom is -0.362 e. The Morgan fingerprint density at radius 1 is 1.07 bits per heavy atom. The molecular formula is C22H26ClN3O3. The third-order valence-electron chi connectivity index (χ3n) is 5.49. The third kappa shape index (κ3) is 3.46. The molecule has 2 aliphatic rings. The van der Waals surface area contributed by atoms with E-state index in [9.17, 15) is 14.4 Å². The van der Waals surface area contributed by atoms with Gasteiger partial charge in [0.05, 0.1) is 5.54 Å². The second-order valence-electron chi connectivity index (χ2n) is 8.09. The lowest BCUT2D eigenvalue weighted by Crippen LogP contribution is -2.52. The maximum Gasteiger partial charge on any atom is 0.333 e. The molecule has 1 aromatic rings. The van der Waals surface area contributed by atoms with E-state index >= 15 is 0 Å². The number of halogens is 1. The maximum atomic E-state index is 12.5. The van der Waals surface area contributed by atoms with Gasteiger partial charge in [0, 0.05) is 36.9 Å². The summed E-state index contributed by atoms with van der Waals surface area (Å²) in [4.78, 5) is 41.1. The standard InChI is InChI=1S/C22H26ClN3O3/c1-7-8-26-18-11-17(23)14(9-15(18)13(2)12-22(26,3)4)10-16-19(27)24(5)21(29)25(6)20(16)28/h9-12H,7-8H2,1-6H3. The highest BCUT2D eigenvalue weighted by molar-refractivity contribution is 6.34. The molecule has 2 heterocycles. The van der Waals surface area contributed by atoms with Crippen LogP contribution in [0.3, 0.4) is 0 Å². The Morgan fingerprint density at radius 2 is 1.66 bits per heavy atom. The number of carbonyl (C=O) groups excluding carboxylic acids is 3. The summed E-state index contributed by atoms with van der Waals surface area (Å²) in [5.74, 6) is -1.26. The van der Waals surface area contributed by atoms with Crippen molar-refractivity contribution in [1.29, 1.82) is 0 Å². The van der Waals surface area contributed by atoms with Crippen LogP contribution in [0.5, 0.6) is 0 Å². The van der Waals surface area contributed by atoms with Crippen molar-refractivity contribution in [2.45, 2.75) is 39.7 Å². The van der Waals surface area contributed by atoms with Crippen molar-refractivity contribution in [1.82, 2.24) is 9.80 Å². The van der Waals surface area contributed by atoms with Gasteiger partial charge < -0.3 is 4.90 Å². The number of likely N-dealkylation sites (N-methyl/N-ethyl adjacent to an activating group) is 2. The van der Waals surface area contributed by atoms with Gasteiger partial charge in [-0.3, -0.25) is 19.4 Å². The van der Waals surface area contributed by atoms with E-state index in [-0.39, 0.29) is 11.1 Å². The molecule has 4 amide bonds. The van der Waals surface area contributed by atoms with Crippen LogP contribution in [0.4, 0.5) is 10.5 Å². The number of hydrogen-bond donors (Lipinski definition) is 0. The van der Waals surface area contributed by atoms with Crippen LogP contribution in [0.25, 0.3) is 11.6 Å². The fourth-order valence-corrected chi connectivity index (χ4v) is 4.20. The van der Waals surface area contributed by atoms with Gasteiger partial charge in [-0.1, -0.05) is 24.6 Å². The van der Waals surface area contributed by atoms with Gasteiger partial charge in [0.15, 0.2) is 0 Å². The van der Waals surface area contributed by atoms with Crippen molar-refractivity contribution in [3.05, 3.63) is 39.9 Å². The molecule has 3 rings (SSSR count). The molecule has 0 radical (unpaired) electrons. The normalized spacial score (nSPS) is 18.9. The van der Waals surface area contributed by atoms with Crippen LogP contribution < -0.4 is 4.90 Å². The molecule has 2 aliphatic heterocycles. The third-order valence-corrected chi connectivity index (χ3v) is 5.81. The molecule has 0 spiro atoms. The number of imide groups is 2. The zero-order valence-electron chi connectivity index (χ0n) is 17.7. The van der Waals surface area contributed by atoms with Crippen LogP contribution in [0.1, 0.15) is 45.2 Å². The van der Waals surface area contributed by atoms with Gasteiger partial charge in [-0.25, -0.2) is 4.79 Å². The number of benzene rings is 1. The lowest BCUT2D eigenvalue weighted by atomic mass is 9.87. The minimum atomic E-state index is -0.648. The summed E-state index contributed by atoms with van der Waals surface area (Å²) < 4.78 is 0. The highest BCUT2D eigenvalue weighted by atomic mass is 35.5. The van der Waals surface area contributed by atoms with Crippen LogP contribution >= 0.6 is 11.6 Å². The van der Waals surface area contributed by atoms with Crippen molar-refractivity contribution in [2.75, 3.05) is 25.5 Å². The largest absolute Gasteiger partial charge is 0.362 e. The quantitative estimate of drug-likeness (QED) is 0.548. The number of hydrogen-bond acceptors (Lipinski definition) is 4. The Balaban J connectivity index is 2.13. The minimum absolute atomic E-state index is 0.0837. The number of allylic oxidation sites excluding steroid dienone is 1. The molecule has 1 fully saturated rings. The molecular weight excluding hydrogens is 390 g/mol. The van der Waals surface area contributed by atoms with Crippen molar-refractivity contribution in [2.24, 2.45) is 0 Å². The molecule has 0 atom stereocenters. The predicted octanol–water partition coefficient (Wildman–Crippen LogP) is 4.19. The van der Waals surface area contributed by atoms with Gasteiger partial charge >= 0.3 is 6.03 Å². The average molecular weight is 416 g/mol. The number of urea groups is 1. The number of anilines is 1. The molecule has 6 nitrogen and oxygen atoms in total. The molecule has 0 aromatic heterocycles. The summed E-state index contributed by atoms with van der Waals surface area (Å²) in [7, 11) is 2.71. The maximum absolute atomic E-state index is 12.5. The fraction of sp³-hybridized carbons (Fsp3) is 0.409. The number of nitrogens with zero attached hydrogens (tertiary/aromatic N) is 3. The molecule has 0 saturated carbocycles. The first-order valence-electron chi connectivity index (χ1n) is 9.62. The first-order chi connectivity index (χ1) is 13.5. The summed E-state index contributed by atoms with van der Waals surface area (Å²) in [5, 5.41) is 0.450. The number of fused-ring (bicyclic) bond motifs is 1. The van der Waals surface area contributed by atoms with Gasteiger partial charge in [-0.15, -0.1) is 0 Å². The van der Waals surface area contributed by atoms with E-state index in [1.165, 1.54) is 20.2 Å². The van der Waals surface area contributed by atoms with Gasteiger partial charge in [0.1, 0.15) is 5.57 Å². The SMILES string of the molecule is CCCN1c2cc(Cl)c(C=C3C(=O)N(C)C(=O)N(C)C3=O)cc2C(C)=CC1(C)C. The molecule has 7 heteroatoms. The van der Waals surface area contributed by atoms with Crippen molar-refractivity contribution in [3.63, 3.8) is 0 Å². The Morgan fingerprint density at radius 3 is 2.21 bits per heavy atom. The van der Waals surface area contributed by atoms with E-state index in [0.29, 0.717) is 10.6 Å². The van der Waals surface area contributed by atoms with Crippen molar-refractivity contribution >= 4 is 46.8 Å². The summed E-state index contributed by atoms with van der Waals surface area (Å²) in [6, 6.07) is 3.16. The van der Waals surface area contributed by atoms with Crippen LogP contribution in [-0.4, -0.2) is 53.8 Å². The Kier molecular flexibility index (Phi) is 5.34. The summed E-state index contributed by atoms with van der Waals surface area (Å²) >= 11 is 6.58. The topological polar surface area (TPSA) is 60.9 Å². The zero-order chi connectivity index (χ0) is 21.7. The summed E-state index contributed by atoms with van der Waals surface area (Å²) in [6.07, 6.45) is 4.69. The lowest BCUT2D eigenvalue weighted by Gasteiger charge is -2.43. The molecule has 1 aromatic carbocycles. The monoisotopic (exact) mass is 415 g/mol. The van der Waals surface area contributed by atoms with Gasteiger partial charge in [0.25, 0.3) is 11.8 Å². The Hall–Kier alpha value is -2.60. The summed E-state index contributed by atoms with van der Waals surface area (Å²) in [6.45, 7) is 9.40. The molecule has 154 valence electrons. The van der Waals surface area contributed by atoms with Gasteiger partial charge in [0.2, 0.25) is 0 Å². The van der Waals surface area contributed by atoms with Crippen LogP contribution in [0.2, 0.25) is 5.02 Å². The van der Waals surface area contributed by atoms with Crippen LogP contribution in [0.15, 0.2) is 23.8 Å². The number of carbonyl (C=O) groups is 3. The highest BCUT2D eigenvalue weighted by Gasteiger charge is 2.38. The average Bonchev–Trinajstić information content (AvgIpc) is 2.65. The van der Waals surface area contributed by atoms with Gasteiger partial charge in [-0.05, 0) is 56.5 Å². The van der Waals surface area contributed by atoms with Crippen LogP contribution in [-0.2, 0) is 9.59 Å². The predicted molar refractivity (Wildman–Crippen MR) is 116 cm³/mol. The van der Waals surface area contributed by atoms with Crippen molar-refractivity contribution < 1.29 is 14.4 Å². The van der Waals surface area contributed by atoms with E-state index in [4.69, 9.17) is 11.6 Å². The molecule has 1 saturated heterocycles. The van der Waals surface area contributed by atoms with E-state index < -0.39 is 17.8 Å². The van der Waals surface area contributed by atoms with Gasteiger partial charge in [-0.2, -0.15) is 0 Å². The molecule has 0 N–H and O–H groups in total. The van der Waals surface area contributed by atoms with E-state index in [1.807, 2.05) is 19.1 Å². The summed E-state index contributed by atoms with van der Waals surface area (Å²) in [5.41, 5.74) is 3.51. The van der Waals surface area contributed by atoms with E-state index in [2.05, 4.69) is 31.7 Å². The second-order valence-corrected chi connectivity index (χ2v) is 8.50. The van der Waals surface area contributed by atoms with E-state index in [1.54, 1.807) is 0 Å².